The smallest absolute Gasteiger partial charge is 0.221 e. The molecule has 0 aliphatic heterocycles. The SMILES string of the molecule is N#CCc1ccnc(F)c1-c1ccccc1. The monoisotopic (exact) mass is 212 g/mol. The maximum Gasteiger partial charge on any atom is 0.221 e. The molecule has 0 aliphatic rings. The van der Waals surface area contributed by atoms with Crippen LogP contribution in [-0.2, 0) is 6.42 Å². The van der Waals surface area contributed by atoms with E-state index in [0.29, 0.717) is 11.1 Å². The Kier molecular flexibility index (Phi) is 2.93. The third-order valence-electron chi connectivity index (χ3n) is 2.32. The molecule has 0 amide bonds. The van der Waals surface area contributed by atoms with Crippen molar-refractivity contribution < 1.29 is 4.39 Å². The van der Waals surface area contributed by atoms with E-state index in [0.717, 1.165) is 5.56 Å². The van der Waals surface area contributed by atoms with E-state index in [2.05, 4.69) is 4.98 Å². The third kappa shape index (κ3) is 1.91. The third-order valence-corrected chi connectivity index (χ3v) is 2.32. The van der Waals surface area contributed by atoms with E-state index in [1.165, 1.54) is 6.20 Å². The number of nitrogens with zero attached hydrogens (tertiary/aromatic N) is 2. The van der Waals surface area contributed by atoms with E-state index < -0.39 is 5.95 Å². The summed E-state index contributed by atoms with van der Waals surface area (Å²) < 4.78 is 13.6. The lowest BCUT2D eigenvalue weighted by molar-refractivity contribution is 0.586. The molecule has 0 saturated carbocycles. The van der Waals surface area contributed by atoms with Crippen molar-refractivity contribution in [2.24, 2.45) is 0 Å². The minimum absolute atomic E-state index is 0.184. The molecule has 0 radical (unpaired) electrons. The summed E-state index contributed by atoms with van der Waals surface area (Å²) in [5.41, 5.74) is 1.84. The zero-order chi connectivity index (χ0) is 11.4. The van der Waals surface area contributed by atoms with Crippen molar-refractivity contribution in [2.45, 2.75) is 6.42 Å². The molecule has 0 fully saturated rings. The van der Waals surface area contributed by atoms with Gasteiger partial charge in [0.1, 0.15) is 0 Å². The Morgan fingerprint density at radius 1 is 1.19 bits per heavy atom. The van der Waals surface area contributed by atoms with Crippen LogP contribution < -0.4 is 0 Å². The van der Waals surface area contributed by atoms with Crippen molar-refractivity contribution in [3.63, 3.8) is 0 Å². The van der Waals surface area contributed by atoms with Crippen molar-refractivity contribution in [3.05, 3.63) is 54.1 Å². The van der Waals surface area contributed by atoms with Crippen LogP contribution in [-0.4, -0.2) is 4.98 Å². The molecular formula is C13H9FN2. The average Bonchev–Trinajstić information content (AvgIpc) is 2.31. The van der Waals surface area contributed by atoms with Gasteiger partial charge in [0, 0.05) is 11.8 Å². The quantitative estimate of drug-likeness (QED) is 0.717. The van der Waals surface area contributed by atoms with Gasteiger partial charge in [-0.2, -0.15) is 9.65 Å². The van der Waals surface area contributed by atoms with Gasteiger partial charge in [0.15, 0.2) is 0 Å². The summed E-state index contributed by atoms with van der Waals surface area (Å²) in [7, 11) is 0. The van der Waals surface area contributed by atoms with Crippen LogP contribution >= 0.6 is 0 Å². The van der Waals surface area contributed by atoms with Crippen LogP contribution in [0.5, 0.6) is 0 Å². The highest BCUT2D eigenvalue weighted by Gasteiger charge is 2.10. The molecule has 16 heavy (non-hydrogen) atoms. The Morgan fingerprint density at radius 2 is 1.94 bits per heavy atom. The lowest BCUT2D eigenvalue weighted by Crippen LogP contribution is -1.95. The number of hydrogen-bond acceptors (Lipinski definition) is 2. The number of nitriles is 1. The van der Waals surface area contributed by atoms with Crippen molar-refractivity contribution >= 4 is 0 Å². The highest BCUT2D eigenvalue weighted by atomic mass is 19.1. The summed E-state index contributed by atoms with van der Waals surface area (Å²) in [6.07, 6.45) is 1.57. The van der Waals surface area contributed by atoms with E-state index in [9.17, 15) is 4.39 Å². The van der Waals surface area contributed by atoms with Crippen LogP contribution in [0.4, 0.5) is 4.39 Å². The van der Waals surface area contributed by atoms with Gasteiger partial charge in [-0.15, -0.1) is 0 Å². The summed E-state index contributed by atoms with van der Waals surface area (Å²) in [6.45, 7) is 0. The van der Waals surface area contributed by atoms with Gasteiger partial charge in [0.2, 0.25) is 5.95 Å². The standard InChI is InChI=1S/C13H9FN2/c14-13-12(10-4-2-1-3-5-10)11(6-8-15)7-9-16-13/h1-5,7,9H,6H2. The Bertz CT molecular complexity index is 529. The summed E-state index contributed by atoms with van der Waals surface area (Å²) >= 11 is 0. The predicted octanol–water partition coefficient (Wildman–Crippen LogP) is 2.95. The molecule has 0 atom stereocenters. The molecule has 1 aromatic heterocycles. The normalized spacial score (nSPS) is 9.75. The van der Waals surface area contributed by atoms with E-state index in [4.69, 9.17) is 5.26 Å². The van der Waals surface area contributed by atoms with Gasteiger partial charge in [-0.05, 0) is 17.2 Å². The van der Waals surface area contributed by atoms with E-state index in [-0.39, 0.29) is 6.42 Å². The molecular weight excluding hydrogens is 203 g/mol. The molecule has 3 heteroatoms. The number of aromatic nitrogens is 1. The molecule has 0 N–H and O–H groups in total. The first-order chi connectivity index (χ1) is 7.83. The van der Waals surface area contributed by atoms with Crippen LogP contribution in [0, 0.1) is 17.3 Å². The number of benzene rings is 1. The second-order valence-electron chi connectivity index (χ2n) is 3.34. The van der Waals surface area contributed by atoms with Gasteiger partial charge in [-0.3, -0.25) is 0 Å². The second-order valence-corrected chi connectivity index (χ2v) is 3.34. The van der Waals surface area contributed by atoms with Crippen molar-refractivity contribution in [2.75, 3.05) is 0 Å². The molecule has 0 aliphatic carbocycles. The molecule has 1 aromatic carbocycles. The van der Waals surface area contributed by atoms with E-state index >= 15 is 0 Å². The Hall–Kier alpha value is -2.21. The Labute approximate surface area is 93.0 Å². The van der Waals surface area contributed by atoms with Crippen molar-refractivity contribution in [3.8, 4) is 17.2 Å². The fourth-order valence-corrected chi connectivity index (χ4v) is 1.61. The van der Waals surface area contributed by atoms with Crippen LogP contribution in [0.15, 0.2) is 42.6 Å². The second kappa shape index (κ2) is 4.54. The summed E-state index contributed by atoms with van der Waals surface area (Å²) in [6, 6.07) is 12.8. The zero-order valence-corrected chi connectivity index (χ0v) is 8.52. The van der Waals surface area contributed by atoms with Crippen LogP contribution in [0.3, 0.4) is 0 Å². The first-order valence-electron chi connectivity index (χ1n) is 4.88. The molecule has 2 rings (SSSR count). The zero-order valence-electron chi connectivity index (χ0n) is 8.52. The van der Waals surface area contributed by atoms with Gasteiger partial charge in [0.05, 0.1) is 12.5 Å². The molecule has 2 aromatic rings. The van der Waals surface area contributed by atoms with Gasteiger partial charge in [0.25, 0.3) is 0 Å². The average molecular weight is 212 g/mol. The maximum atomic E-state index is 13.6. The van der Waals surface area contributed by atoms with Gasteiger partial charge >= 0.3 is 0 Å². The molecule has 2 nitrogen and oxygen atoms in total. The van der Waals surface area contributed by atoms with Crippen molar-refractivity contribution in [1.29, 1.82) is 5.26 Å². The number of halogens is 1. The van der Waals surface area contributed by atoms with Crippen LogP contribution in [0.25, 0.3) is 11.1 Å². The minimum atomic E-state index is -0.529. The topological polar surface area (TPSA) is 36.7 Å². The number of rotatable bonds is 2. The van der Waals surface area contributed by atoms with E-state index in [1.807, 2.05) is 24.3 Å². The van der Waals surface area contributed by atoms with E-state index in [1.54, 1.807) is 18.2 Å². The highest BCUT2D eigenvalue weighted by Crippen LogP contribution is 2.25. The predicted molar refractivity (Wildman–Crippen MR) is 58.9 cm³/mol. The van der Waals surface area contributed by atoms with Crippen molar-refractivity contribution in [1.82, 2.24) is 4.98 Å². The molecule has 1 heterocycles. The summed E-state index contributed by atoms with van der Waals surface area (Å²) in [5, 5.41) is 8.69. The minimum Gasteiger partial charge on any atom is -0.228 e. The lowest BCUT2D eigenvalue weighted by atomic mass is 10.0. The Balaban J connectivity index is 2.60. The van der Waals surface area contributed by atoms with Gasteiger partial charge < -0.3 is 0 Å². The molecule has 0 spiro atoms. The summed E-state index contributed by atoms with van der Waals surface area (Å²) in [4.78, 5) is 3.62. The summed E-state index contributed by atoms with van der Waals surface area (Å²) in [5.74, 6) is -0.529. The Morgan fingerprint density at radius 3 is 2.62 bits per heavy atom. The molecule has 0 bridgehead atoms. The first kappa shape index (κ1) is 10.3. The van der Waals surface area contributed by atoms with Crippen LogP contribution in [0.1, 0.15) is 5.56 Å². The molecule has 0 unspecified atom stereocenters. The largest absolute Gasteiger partial charge is 0.228 e. The van der Waals surface area contributed by atoms with Crippen LogP contribution in [0.2, 0.25) is 0 Å². The highest BCUT2D eigenvalue weighted by molar-refractivity contribution is 5.67. The fraction of sp³-hybridized carbons (Fsp3) is 0.0769. The lowest BCUT2D eigenvalue weighted by Gasteiger charge is -2.07. The maximum absolute atomic E-state index is 13.6. The fourth-order valence-electron chi connectivity index (χ4n) is 1.61. The van der Waals surface area contributed by atoms with Gasteiger partial charge in [-0.25, -0.2) is 4.98 Å². The van der Waals surface area contributed by atoms with Gasteiger partial charge in [-0.1, -0.05) is 30.3 Å². The molecule has 78 valence electrons. The number of hydrogen-bond donors (Lipinski definition) is 0. The molecule has 0 saturated heterocycles. The number of pyridine rings is 1. The first-order valence-corrected chi connectivity index (χ1v) is 4.88.